The molecule has 1 aliphatic rings. The SMILES string of the molecule is O=C(c1cccc2ccccc12)N1CCCC1CCCO. The maximum absolute atomic E-state index is 12.9. The Morgan fingerprint density at radius 2 is 2.00 bits per heavy atom. The Kier molecular flexibility index (Phi) is 4.20. The molecule has 0 bridgehead atoms. The van der Waals surface area contributed by atoms with Crippen molar-refractivity contribution in [3.8, 4) is 0 Å². The standard InChI is InChI=1S/C18H21NO2/c20-13-5-9-15-8-4-12-19(15)18(21)17-11-3-7-14-6-1-2-10-16(14)17/h1-3,6-7,10-11,15,20H,4-5,8-9,12-13H2. The zero-order chi connectivity index (χ0) is 14.7. The molecule has 1 heterocycles. The number of hydrogen-bond acceptors (Lipinski definition) is 2. The molecule has 0 spiro atoms. The summed E-state index contributed by atoms with van der Waals surface area (Å²) in [5.74, 6) is 0.132. The van der Waals surface area contributed by atoms with Crippen molar-refractivity contribution in [2.24, 2.45) is 0 Å². The van der Waals surface area contributed by atoms with E-state index in [2.05, 4.69) is 0 Å². The summed E-state index contributed by atoms with van der Waals surface area (Å²) in [4.78, 5) is 14.9. The first-order chi connectivity index (χ1) is 10.3. The van der Waals surface area contributed by atoms with Gasteiger partial charge >= 0.3 is 0 Å². The van der Waals surface area contributed by atoms with Gasteiger partial charge in [-0.2, -0.15) is 0 Å². The maximum atomic E-state index is 12.9. The molecule has 3 rings (SSSR count). The van der Waals surface area contributed by atoms with Crippen molar-refractivity contribution in [1.82, 2.24) is 4.90 Å². The number of carbonyl (C=O) groups is 1. The highest BCUT2D eigenvalue weighted by atomic mass is 16.3. The number of rotatable bonds is 4. The van der Waals surface area contributed by atoms with Gasteiger partial charge in [0.15, 0.2) is 0 Å². The molecule has 1 atom stereocenters. The van der Waals surface area contributed by atoms with E-state index in [1.807, 2.05) is 47.4 Å². The molecular weight excluding hydrogens is 262 g/mol. The van der Waals surface area contributed by atoms with Crippen LogP contribution in [0.1, 0.15) is 36.0 Å². The van der Waals surface area contributed by atoms with E-state index >= 15 is 0 Å². The summed E-state index contributed by atoms with van der Waals surface area (Å²) in [5.41, 5.74) is 0.795. The number of nitrogens with zero attached hydrogens (tertiary/aromatic N) is 1. The van der Waals surface area contributed by atoms with Gasteiger partial charge in [-0.15, -0.1) is 0 Å². The van der Waals surface area contributed by atoms with Crippen molar-refractivity contribution in [2.75, 3.05) is 13.2 Å². The summed E-state index contributed by atoms with van der Waals surface area (Å²) < 4.78 is 0. The molecule has 110 valence electrons. The number of aliphatic hydroxyl groups is 1. The largest absolute Gasteiger partial charge is 0.396 e. The molecule has 2 aromatic carbocycles. The number of amides is 1. The van der Waals surface area contributed by atoms with Crippen LogP contribution in [0.15, 0.2) is 42.5 Å². The first kappa shape index (κ1) is 14.1. The topological polar surface area (TPSA) is 40.5 Å². The Hall–Kier alpha value is -1.87. The Morgan fingerprint density at radius 1 is 1.19 bits per heavy atom. The van der Waals surface area contributed by atoms with E-state index in [1.165, 1.54) is 0 Å². The third-order valence-electron chi connectivity index (χ3n) is 4.35. The molecule has 3 heteroatoms. The number of aliphatic hydroxyl groups excluding tert-OH is 1. The Morgan fingerprint density at radius 3 is 2.86 bits per heavy atom. The van der Waals surface area contributed by atoms with Crippen molar-refractivity contribution >= 4 is 16.7 Å². The molecular formula is C18H21NO2. The lowest BCUT2D eigenvalue weighted by atomic mass is 10.0. The van der Waals surface area contributed by atoms with Crippen LogP contribution in [0.3, 0.4) is 0 Å². The van der Waals surface area contributed by atoms with Crippen LogP contribution in [0.4, 0.5) is 0 Å². The van der Waals surface area contributed by atoms with Crippen LogP contribution in [0.5, 0.6) is 0 Å². The molecule has 1 fully saturated rings. The van der Waals surface area contributed by atoms with Gasteiger partial charge in [-0.3, -0.25) is 4.79 Å². The lowest BCUT2D eigenvalue weighted by Gasteiger charge is -2.25. The summed E-state index contributed by atoms with van der Waals surface area (Å²) in [6.07, 6.45) is 3.78. The van der Waals surface area contributed by atoms with Crippen molar-refractivity contribution in [2.45, 2.75) is 31.7 Å². The fourth-order valence-electron chi connectivity index (χ4n) is 3.30. The van der Waals surface area contributed by atoms with E-state index in [1.54, 1.807) is 0 Å². The lowest BCUT2D eigenvalue weighted by Crippen LogP contribution is -2.35. The average molecular weight is 283 g/mol. The first-order valence-corrected chi connectivity index (χ1v) is 7.71. The molecule has 1 unspecified atom stereocenters. The maximum Gasteiger partial charge on any atom is 0.254 e. The monoisotopic (exact) mass is 283 g/mol. The van der Waals surface area contributed by atoms with Crippen LogP contribution in [0.25, 0.3) is 10.8 Å². The smallest absolute Gasteiger partial charge is 0.254 e. The van der Waals surface area contributed by atoms with Gasteiger partial charge in [0.2, 0.25) is 0 Å². The third-order valence-corrected chi connectivity index (χ3v) is 4.35. The molecule has 1 saturated heterocycles. The second kappa shape index (κ2) is 6.27. The fourth-order valence-corrected chi connectivity index (χ4v) is 3.30. The predicted octanol–water partition coefficient (Wildman–Crippen LogP) is 3.22. The highest BCUT2D eigenvalue weighted by Gasteiger charge is 2.29. The normalized spacial score (nSPS) is 18.3. The molecule has 21 heavy (non-hydrogen) atoms. The minimum absolute atomic E-state index is 0.132. The summed E-state index contributed by atoms with van der Waals surface area (Å²) in [6.45, 7) is 1.03. The van der Waals surface area contributed by atoms with E-state index in [9.17, 15) is 4.79 Å². The zero-order valence-corrected chi connectivity index (χ0v) is 12.2. The third kappa shape index (κ3) is 2.79. The Bertz CT molecular complexity index is 633. The highest BCUT2D eigenvalue weighted by molar-refractivity contribution is 6.07. The van der Waals surface area contributed by atoms with E-state index in [0.717, 1.165) is 48.6 Å². The van der Waals surface area contributed by atoms with E-state index in [4.69, 9.17) is 5.11 Å². The number of carbonyl (C=O) groups excluding carboxylic acids is 1. The van der Waals surface area contributed by atoms with Crippen LogP contribution in [-0.2, 0) is 0 Å². The molecule has 0 aromatic heterocycles. The zero-order valence-electron chi connectivity index (χ0n) is 12.2. The van der Waals surface area contributed by atoms with Crippen LogP contribution in [0, 0.1) is 0 Å². The quantitative estimate of drug-likeness (QED) is 0.936. The van der Waals surface area contributed by atoms with Gasteiger partial charge in [0.05, 0.1) is 0 Å². The van der Waals surface area contributed by atoms with Crippen LogP contribution in [0.2, 0.25) is 0 Å². The van der Waals surface area contributed by atoms with Crippen LogP contribution >= 0.6 is 0 Å². The van der Waals surface area contributed by atoms with Gasteiger partial charge < -0.3 is 10.0 Å². The Balaban J connectivity index is 1.89. The number of benzene rings is 2. The van der Waals surface area contributed by atoms with Crippen LogP contribution in [-0.4, -0.2) is 35.1 Å². The molecule has 0 aliphatic carbocycles. The minimum Gasteiger partial charge on any atom is -0.396 e. The minimum atomic E-state index is 0.132. The van der Waals surface area contributed by atoms with Gasteiger partial charge in [-0.1, -0.05) is 36.4 Å². The number of hydrogen-bond donors (Lipinski definition) is 1. The molecule has 1 amide bonds. The second-order valence-corrected chi connectivity index (χ2v) is 5.69. The van der Waals surface area contributed by atoms with Crippen molar-refractivity contribution < 1.29 is 9.90 Å². The van der Waals surface area contributed by atoms with Crippen molar-refractivity contribution in [1.29, 1.82) is 0 Å². The van der Waals surface area contributed by atoms with Gasteiger partial charge in [0.25, 0.3) is 5.91 Å². The summed E-state index contributed by atoms with van der Waals surface area (Å²) in [6, 6.07) is 14.2. The van der Waals surface area contributed by atoms with Crippen molar-refractivity contribution in [3.63, 3.8) is 0 Å². The predicted molar refractivity (Wildman–Crippen MR) is 84.3 cm³/mol. The number of fused-ring (bicyclic) bond motifs is 1. The molecule has 0 saturated carbocycles. The molecule has 1 N–H and O–H groups in total. The van der Waals surface area contributed by atoms with E-state index in [-0.39, 0.29) is 18.6 Å². The van der Waals surface area contributed by atoms with E-state index in [0.29, 0.717) is 0 Å². The molecule has 1 aliphatic heterocycles. The van der Waals surface area contributed by atoms with Crippen LogP contribution < -0.4 is 0 Å². The van der Waals surface area contributed by atoms with Gasteiger partial charge in [-0.25, -0.2) is 0 Å². The summed E-state index contributed by atoms with van der Waals surface area (Å²) >= 11 is 0. The Labute approximate surface area is 125 Å². The molecule has 0 radical (unpaired) electrons. The van der Waals surface area contributed by atoms with Crippen molar-refractivity contribution in [3.05, 3.63) is 48.0 Å². The van der Waals surface area contributed by atoms with Gasteiger partial charge in [-0.05, 0) is 42.5 Å². The first-order valence-electron chi connectivity index (χ1n) is 7.71. The molecule has 3 nitrogen and oxygen atoms in total. The summed E-state index contributed by atoms with van der Waals surface area (Å²) in [5, 5.41) is 11.1. The van der Waals surface area contributed by atoms with Gasteiger partial charge in [0.1, 0.15) is 0 Å². The molecule has 2 aromatic rings. The second-order valence-electron chi connectivity index (χ2n) is 5.69. The van der Waals surface area contributed by atoms with Gasteiger partial charge in [0, 0.05) is 24.8 Å². The number of likely N-dealkylation sites (tertiary alicyclic amines) is 1. The average Bonchev–Trinajstić information content (AvgIpc) is 3.00. The lowest BCUT2D eigenvalue weighted by molar-refractivity contribution is 0.0726. The highest BCUT2D eigenvalue weighted by Crippen LogP contribution is 2.26. The fraction of sp³-hybridized carbons (Fsp3) is 0.389. The summed E-state index contributed by atoms with van der Waals surface area (Å²) in [7, 11) is 0. The van der Waals surface area contributed by atoms with E-state index < -0.39 is 0 Å².